The van der Waals surface area contributed by atoms with E-state index in [1.165, 1.54) is 13.2 Å². The number of carbonyl (C=O) groups excluding carboxylic acids is 2. The molecule has 2 aliphatic rings. The van der Waals surface area contributed by atoms with Gasteiger partial charge in [0.2, 0.25) is 10.0 Å². The quantitative estimate of drug-likeness (QED) is 0.781. The Kier molecular flexibility index (Phi) is 7.02. The van der Waals surface area contributed by atoms with Gasteiger partial charge in [0.15, 0.2) is 0 Å². The first-order chi connectivity index (χ1) is 14.2. The maximum absolute atomic E-state index is 13.1. The largest absolute Gasteiger partial charge is 0.453 e. The fourth-order valence-corrected chi connectivity index (χ4v) is 5.90. The molecule has 1 atom stereocenters. The van der Waals surface area contributed by atoms with Crippen LogP contribution >= 0.6 is 0 Å². The molecule has 30 heavy (non-hydrogen) atoms. The fourth-order valence-electron chi connectivity index (χ4n) is 4.17. The second kappa shape index (κ2) is 9.34. The molecule has 166 valence electrons. The van der Waals surface area contributed by atoms with Crippen LogP contribution < -0.4 is 5.32 Å². The van der Waals surface area contributed by atoms with Crippen LogP contribution in [0.4, 0.5) is 4.79 Å². The van der Waals surface area contributed by atoms with Crippen molar-refractivity contribution in [1.82, 2.24) is 14.5 Å². The van der Waals surface area contributed by atoms with Gasteiger partial charge in [0.25, 0.3) is 5.91 Å². The Bertz CT molecular complexity index is 894. The fraction of sp³-hybridized carbons (Fsp3) is 0.619. The van der Waals surface area contributed by atoms with Crippen LogP contribution in [0.25, 0.3) is 0 Å². The molecule has 0 spiro atoms. The highest BCUT2D eigenvalue weighted by Crippen LogP contribution is 2.26. The van der Waals surface area contributed by atoms with Crippen LogP contribution in [0, 0.1) is 6.92 Å². The summed E-state index contributed by atoms with van der Waals surface area (Å²) in [5, 5.41) is 2.99. The van der Waals surface area contributed by atoms with Gasteiger partial charge in [0.1, 0.15) is 0 Å². The minimum atomic E-state index is -3.64. The van der Waals surface area contributed by atoms with Crippen LogP contribution in [-0.2, 0) is 14.8 Å². The van der Waals surface area contributed by atoms with Crippen LogP contribution in [0.15, 0.2) is 23.1 Å². The monoisotopic (exact) mass is 437 g/mol. The van der Waals surface area contributed by atoms with Gasteiger partial charge in [-0.15, -0.1) is 0 Å². The van der Waals surface area contributed by atoms with E-state index in [0.717, 1.165) is 24.8 Å². The van der Waals surface area contributed by atoms with Crippen LogP contribution in [0.1, 0.15) is 54.9 Å². The normalized spacial score (nSPS) is 21.3. The van der Waals surface area contributed by atoms with Crippen molar-refractivity contribution in [3.8, 4) is 0 Å². The predicted octanol–water partition coefficient (Wildman–Crippen LogP) is 2.52. The minimum Gasteiger partial charge on any atom is -0.453 e. The molecule has 2 amide bonds. The summed E-state index contributed by atoms with van der Waals surface area (Å²) in [5.41, 5.74) is 1.10. The highest BCUT2D eigenvalue weighted by Gasteiger charge is 2.32. The van der Waals surface area contributed by atoms with Crippen molar-refractivity contribution in [3.05, 3.63) is 29.3 Å². The Morgan fingerprint density at radius 3 is 2.43 bits per heavy atom. The van der Waals surface area contributed by atoms with Crippen molar-refractivity contribution in [2.45, 2.75) is 62.9 Å². The number of likely N-dealkylation sites (tertiary alicyclic amines) is 1. The van der Waals surface area contributed by atoms with E-state index in [-0.39, 0.29) is 29.0 Å². The zero-order chi connectivity index (χ0) is 21.9. The van der Waals surface area contributed by atoms with Gasteiger partial charge in [0.05, 0.1) is 12.0 Å². The van der Waals surface area contributed by atoms with Crippen molar-refractivity contribution in [2.24, 2.45) is 0 Å². The van der Waals surface area contributed by atoms with Crippen molar-refractivity contribution < 1.29 is 22.7 Å². The number of piperidine rings is 2. The lowest BCUT2D eigenvalue weighted by Gasteiger charge is -2.32. The summed E-state index contributed by atoms with van der Waals surface area (Å²) in [5.74, 6) is -0.284. The smallest absolute Gasteiger partial charge is 0.409 e. The number of hydrogen-bond acceptors (Lipinski definition) is 5. The number of sulfonamides is 1. The maximum atomic E-state index is 13.1. The Labute approximate surface area is 178 Å². The van der Waals surface area contributed by atoms with E-state index in [1.54, 1.807) is 28.3 Å². The molecule has 0 aromatic heterocycles. The number of aryl methyl sites for hydroxylation is 1. The zero-order valence-electron chi connectivity index (χ0n) is 17.9. The molecule has 0 aliphatic carbocycles. The average molecular weight is 438 g/mol. The van der Waals surface area contributed by atoms with E-state index >= 15 is 0 Å². The van der Waals surface area contributed by atoms with E-state index in [1.807, 2.05) is 6.92 Å². The third-order valence-electron chi connectivity index (χ3n) is 6.07. The molecule has 1 aromatic carbocycles. The van der Waals surface area contributed by atoms with E-state index in [2.05, 4.69) is 5.32 Å². The second-order valence-electron chi connectivity index (χ2n) is 8.14. The summed E-state index contributed by atoms with van der Waals surface area (Å²) in [7, 11) is -2.29. The SMILES string of the molecule is COC(=O)N1CCC(NC(=O)c2cc(S(=O)(=O)N3CCCCC3C)ccc2C)CC1. The molecule has 1 unspecified atom stereocenters. The lowest BCUT2D eigenvalue weighted by atomic mass is 10.0. The first-order valence-electron chi connectivity index (χ1n) is 10.5. The average Bonchev–Trinajstić information content (AvgIpc) is 2.74. The lowest BCUT2D eigenvalue weighted by Crippen LogP contribution is -2.46. The number of carbonyl (C=O) groups is 2. The Morgan fingerprint density at radius 1 is 1.10 bits per heavy atom. The topological polar surface area (TPSA) is 96.0 Å². The lowest BCUT2D eigenvalue weighted by molar-refractivity contribution is 0.0891. The summed E-state index contributed by atoms with van der Waals surface area (Å²) in [6.45, 7) is 5.27. The van der Waals surface area contributed by atoms with Gasteiger partial charge in [-0.1, -0.05) is 12.5 Å². The molecule has 0 radical (unpaired) electrons. The molecule has 9 heteroatoms. The van der Waals surface area contributed by atoms with Gasteiger partial charge in [-0.25, -0.2) is 13.2 Å². The summed E-state index contributed by atoms with van der Waals surface area (Å²) in [6.07, 6.45) is 3.63. The van der Waals surface area contributed by atoms with Gasteiger partial charge in [-0.2, -0.15) is 4.31 Å². The molecule has 8 nitrogen and oxygen atoms in total. The third kappa shape index (κ3) is 4.78. The highest BCUT2D eigenvalue weighted by molar-refractivity contribution is 7.89. The first kappa shape index (κ1) is 22.6. The first-order valence-corrected chi connectivity index (χ1v) is 11.9. The van der Waals surface area contributed by atoms with Gasteiger partial charge in [-0.05, 0) is 57.2 Å². The molecule has 2 aliphatic heterocycles. The van der Waals surface area contributed by atoms with Crippen LogP contribution in [-0.4, -0.2) is 68.5 Å². The summed E-state index contributed by atoms with van der Waals surface area (Å²) < 4.78 is 32.6. The molecular weight excluding hydrogens is 406 g/mol. The Hall–Kier alpha value is -2.13. The van der Waals surface area contributed by atoms with Crippen molar-refractivity contribution in [1.29, 1.82) is 0 Å². The number of methoxy groups -OCH3 is 1. The maximum Gasteiger partial charge on any atom is 0.409 e. The summed E-state index contributed by atoms with van der Waals surface area (Å²) >= 11 is 0. The zero-order valence-corrected chi connectivity index (χ0v) is 18.7. The number of nitrogens with zero attached hydrogens (tertiary/aromatic N) is 2. The standard InChI is InChI=1S/C21H31N3O5S/c1-15-7-8-18(30(27,28)24-11-5-4-6-16(24)2)14-19(15)20(25)22-17-9-12-23(13-10-17)21(26)29-3/h7-8,14,16-17H,4-6,9-13H2,1-3H3,(H,22,25). The second-order valence-corrected chi connectivity index (χ2v) is 10.0. The summed E-state index contributed by atoms with van der Waals surface area (Å²) in [4.78, 5) is 26.3. The molecule has 0 saturated carbocycles. The number of hydrogen-bond donors (Lipinski definition) is 1. The number of rotatable bonds is 4. The third-order valence-corrected chi connectivity index (χ3v) is 8.07. The number of benzene rings is 1. The Balaban J connectivity index is 1.72. The molecule has 3 rings (SSSR count). The molecule has 2 fully saturated rings. The Morgan fingerprint density at radius 2 is 1.80 bits per heavy atom. The van der Waals surface area contributed by atoms with E-state index < -0.39 is 10.0 Å². The number of nitrogens with one attached hydrogen (secondary N) is 1. The predicted molar refractivity (Wildman–Crippen MR) is 113 cm³/mol. The van der Waals surface area contributed by atoms with E-state index in [4.69, 9.17) is 4.74 Å². The van der Waals surface area contributed by atoms with Gasteiger partial charge in [0, 0.05) is 37.3 Å². The van der Waals surface area contributed by atoms with E-state index in [9.17, 15) is 18.0 Å². The van der Waals surface area contributed by atoms with E-state index in [0.29, 0.717) is 38.0 Å². The van der Waals surface area contributed by atoms with Gasteiger partial charge < -0.3 is 15.0 Å². The molecule has 1 aromatic rings. The number of ether oxygens (including phenoxy) is 1. The molecule has 1 N–H and O–H groups in total. The van der Waals surface area contributed by atoms with Crippen LogP contribution in [0.2, 0.25) is 0 Å². The van der Waals surface area contributed by atoms with Crippen molar-refractivity contribution in [2.75, 3.05) is 26.7 Å². The van der Waals surface area contributed by atoms with Crippen LogP contribution in [0.5, 0.6) is 0 Å². The molecule has 0 bridgehead atoms. The van der Waals surface area contributed by atoms with Gasteiger partial charge in [-0.3, -0.25) is 4.79 Å². The molecular formula is C21H31N3O5S. The number of amides is 2. The molecule has 2 heterocycles. The summed E-state index contributed by atoms with van der Waals surface area (Å²) in [6, 6.07) is 4.65. The van der Waals surface area contributed by atoms with Crippen molar-refractivity contribution in [3.63, 3.8) is 0 Å². The molecule has 2 saturated heterocycles. The van der Waals surface area contributed by atoms with Crippen LogP contribution in [0.3, 0.4) is 0 Å². The van der Waals surface area contributed by atoms with Gasteiger partial charge >= 0.3 is 6.09 Å². The van der Waals surface area contributed by atoms with Crippen molar-refractivity contribution >= 4 is 22.0 Å². The minimum absolute atomic E-state index is 0.0395. The highest BCUT2D eigenvalue weighted by atomic mass is 32.2.